The molecule has 1 heterocycles. The summed E-state index contributed by atoms with van der Waals surface area (Å²) in [4.78, 5) is 10.8. The molecule has 4 nitrogen and oxygen atoms in total. The summed E-state index contributed by atoms with van der Waals surface area (Å²) in [6.07, 6.45) is 2.44. The number of carboxylic acid groups (broad SMARTS) is 1. The van der Waals surface area contributed by atoms with Crippen molar-refractivity contribution in [1.82, 2.24) is 5.32 Å². The van der Waals surface area contributed by atoms with E-state index in [2.05, 4.69) is 12.2 Å². The third-order valence-corrected chi connectivity index (χ3v) is 3.63. The van der Waals surface area contributed by atoms with Gasteiger partial charge in [0.2, 0.25) is 0 Å². The van der Waals surface area contributed by atoms with Crippen LogP contribution in [-0.2, 0) is 11.2 Å². The molecule has 0 amide bonds. The van der Waals surface area contributed by atoms with E-state index in [1.165, 1.54) is 6.42 Å². The number of benzene rings is 1. The molecule has 1 aliphatic heterocycles. The molecule has 2 rings (SSSR count). The van der Waals surface area contributed by atoms with Crippen LogP contribution >= 0.6 is 0 Å². The summed E-state index contributed by atoms with van der Waals surface area (Å²) in [5.74, 6) is 0.359. The van der Waals surface area contributed by atoms with Crippen LogP contribution in [0.4, 0.5) is 0 Å². The fraction of sp³-hybridized carbons (Fsp3) is 0.533. The molecule has 2 atom stereocenters. The van der Waals surface area contributed by atoms with Gasteiger partial charge in [-0.2, -0.15) is 0 Å². The van der Waals surface area contributed by atoms with Crippen molar-refractivity contribution in [1.29, 1.82) is 0 Å². The molecule has 0 radical (unpaired) electrons. The SMILES string of the molecule is CC(Oc1ccccc1CC(=O)O)C1CCCNC1. The van der Waals surface area contributed by atoms with Crippen LogP contribution in [0.15, 0.2) is 24.3 Å². The maximum absolute atomic E-state index is 10.8. The molecule has 0 aliphatic carbocycles. The quantitative estimate of drug-likeness (QED) is 0.854. The highest BCUT2D eigenvalue weighted by Crippen LogP contribution is 2.24. The second-order valence-electron chi connectivity index (χ2n) is 5.11. The van der Waals surface area contributed by atoms with Crippen LogP contribution in [0.1, 0.15) is 25.3 Å². The highest BCUT2D eigenvalue weighted by atomic mass is 16.5. The van der Waals surface area contributed by atoms with E-state index in [4.69, 9.17) is 9.84 Å². The first-order valence-corrected chi connectivity index (χ1v) is 6.84. The number of nitrogens with one attached hydrogen (secondary N) is 1. The molecule has 2 N–H and O–H groups in total. The smallest absolute Gasteiger partial charge is 0.307 e. The molecule has 2 unspecified atom stereocenters. The largest absolute Gasteiger partial charge is 0.490 e. The number of aliphatic carboxylic acids is 1. The molecule has 19 heavy (non-hydrogen) atoms. The highest BCUT2D eigenvalue weighted by Gasteiger charge is 2.22. The number of hydrogen-bond acceptors (Lipinski definition) is 3. The normalized spacial score (nSPS) is 20.8. The molecule has 0 bridgehead atoms. The topological polar surface area (TPSA) is 58.6 Å². The number of piperidine rings is 1. The zero-order valence-corrected chi connectivity index (χ0v) is 11.3. The summed E-state index contributed by atoms with van der Waals surface area (Å²) < 4.78 is 5.98. The number of carbonyl (C=O) groups is 1. The Hall–Kier alpha value is -1.55. The average Bonchev–Trinajstić information content (AvgIpc) is 2.41. The fourth-order valence-electron chi connectivity index (χ4n) is 2.50. The lowest BCUT2D eigenvalue weighted by molar-refractivity contribution is -0.136. The number of hydrogen-bond donors (Lipinski definition) is 2. The average molecular weight is 263 g/mol. The first-order valence-electron chi connectivity index (χ1n) is 6.84. The van der Waals surface area contributed by atoms with Crippen LogP contribution in [0.2, 0.25) is 0 Å². The molecule has 1 fully saturated rings. The van der Waals surface area contributed by atoms with E-state index in [1.54, 1.807) is 0 Å². The second-order valence-corrected chi connectivity index (χ2v) is 5.11. The van der Waals surface area contributed by atoms with Crippen molar-refractivity contribution in [3.63, 3.8) is 0 Å². The van der Waals surface area contributed by atoms with Crippen LogP contribution < -0.4 is 10.1 Å². The van der Waals surface area contributed by atoms with Gasteiger partial charge in [-0.1, -0.05) is 18.2 Å². The Balaban J connectivity index is 2.02. The van der Waals surface area contributed by atoms with Crippen molar-refractivity contribution >= 4 is 5.97 Å². The predicted molar refractivity (Wildman–Crippen MR) is 73.5 cm³/mol. The fourth-order valence-corrected chi connectivity index (χ4v) is 2.50. The van der Waals surface area contributed by atoms with Gasteiger partial charge in [0.05, 0.1) is 12.5 Å². The Morgan fingerprint density at radius 1 is 1.53 bits per heavy atom. The van der Waals surface area contributed by atoms with Gasteiger partial charge in [0, 0.05) is 18.0 Å². The van der Waals surface area contributed by atoms with Crippen molar-refractivity contribution in [2.75, 3.05) is 13.1 Å². The van der Waals surface area contributed by atoms with E-state index >= 15 is 0 Å². The molecule has 0 saturated carbocycles. The van der Waals surface area contributed by atoms with Crippen LogP contribution in [0.25, 0.3) is 0 Å². The lowest BCUT2D eigenvalue weighted by Crippen LogP contribution is -2.38. The van der Waals surface area contributed by atoms with Crippen LogP contribution in [0, 0.1) is 5.92 Å². The van der Waals surface area contributed by atoms with Gasteiger partial charge in [0.25, 0.3) is 0 Å². The third-order valence-electron chi connectivity index (χ3n) is 3.63. The van der Waals surface area contributed by atoms with E-state index in [-0.39, 0.29) is 12.5 Å². The molecule has 1 aliphatic rings. The molecule has 104 valence electrons. The maximum atomic E-state index is 10.8. The lowest BCUT2D eigenvalue weighted by Gasteiger charge is -2.29. The second kappa shape index (κ2) is 6.57. The summed E-state index contributed by atoms with van der Waals surface area (Å²) in [5.41, 5.74) is 0.741. The molecule has 1 saturated heterocycles. The summed E-state index contributed by atoms with van der Waals surface area (Å²) in [5, 5.41) is 12.3. The maximum Gasteiger partial charge on any atom is 0.307 e. The molecular weight excluding hydrogens is 242 g/mol. The Morgan fingerprint density at radius 2 is 2.32 bits per heavy atom. The Bertz CT molecular complexity index is 427. The molecule has 0 aromatic heterocycles. The third kappa shape index (κ3) is 3.96. The lowest BCUT2D eigenvalue weighted by atomic mass is 9.94. The van der Waals surface area contributed by atoms with Gasteiger partial charge in [0.1, 0.15) is 5.75 Å². The number of para-hydroxylation sites is 1. The first kappa shape index (κ1) is 13.9. The van der Waals surface area contributed by atoms with Crippen molar-refractivity contribution in [2.45, 2.75) is 32.3 Å². The van der Waals surface area contributed by atoms with Crippen LogP contribution in [-0.4, -0.2) is 30.3 Å². The Kier molecular flexibility index (Phi) is 4.80. The number of ether oxygens (including phenoxy) is 1. The minimum Gasteiger partial charge on any atom is -0.490 e. The molecular formula is C15H21NO3. The van der Waals surface area contributed by atoms with Crippen molar-refractivity contribution in [3.8, 4) is 5.75 Å². The molecule has 1 aromatic rings. The van der Waals surface area contributed by atoms with Crippen molar-refractivity contribution in [3.05, 3.63) is 29.8 Å². The Labute approximate surface area is 113 Å². The summed E-state index contributed by atoms with van der Waals surface area (Å²) >= 11 is 0. The number of rotatable bonds is 5. The van der Waals surface area contributed by atoms with Gasteiger partial charge < -0.3 is 15.2 Å². The van der Waals surface area contributed by atoms with E-state index in [0.717, 1.165) is 25.1 Å². The molecule has 4 heteroatoms. The standard InChI is InChI=1S/C15H21NO3/c1-11(13-6-4-8-16-10-13)19-14-7-3-2-5-12(14)9-15(17)18/h2-3,5,7,11,13,16H,4,6,8-10H2,1H3,(H,17,18). The van der Waals surface area contributed by atoms with Crippen molar-refractivity contribution in [2.24, 2.45) is 5.92 Å². The van der Waals surface area contributed by atoms with Gasteiger partial charge in [0.15, 0.2) is 0 Å². The highest BCUT2D eigenvalue weighted by molar-refractivity contribution is 5.71. The van der Waals surface area contributed by atoms with Gasteiger partial charge in [-0.05, 0) is 32.4 Å². The van der Waals surface area contributed by atoms with E-state index in [1.807, 2.05) is 24.3 Å². The van der Waals surface area contributed by atoms with E-state index < -0.39 is 5.97 Å². The van der Waals surface area contributed by atoms with E-state index in [0.29, 0.717) is 11.7 Å². The number of carboxylic acids is 1. The van der Waals surface area contributed by atoms with Crippen LogP contribution in [0.5, 0.6) is 5.75 Å². The first-order chi connectivity index (χ1) is 9.16. The molecule has 1 aromatic carbocycles. The van der Waals surface area contributed by atoms with Gasteiger partial charge in [-0.3, -0.25) is 4.79 Å². The van der Waals surface area contributed by atoms with Crippen molar-refractivity contribution < 1.29 is 14.6 Å². The summed E-state index contributed by atoms with van der Waals surface area (Å²) in [7, 11) is 0. The van der Waals surface area contributed by atoms with Gasteiger partial charge >= 0.3 is 5.97 Å². The minimum absolute atomic E-state index is 0.00576. The molecule has 0 spiro atoms. The zero-order chi connectivity index (χ0) is 13.7. The van der Waals surface area contributed by atoms with E-state index in [9.17, 15) is 4.79 Å². The van der Waals surface area contributed by atoms with Gasteiger partial charge in [-0.15, -0.1) is 0 Å². The summed E-state index contributed by atoms with van der Waals surface area (Å²) in [6.45, 7) is 4.12. The van der Waals surface area contributed by atoms with Gasteiger partial charge in [-0.25, -0.2) is 0 Å². The zero-order valence-electron chi connectivity index (χ0n) is 11.3. The predicted octanol–water partition coefficient (Wildman–Crippen LogP) is 2.08. The Morgan fingerprint density at radius 3 is 3.00 bits per heavy atom. The monoisotopic (exact) mass is 263 g/mol. The van der Waals surface area contributed by atoms with Crippen LogP contribution in [0.3, 0.4) is 0 Å². The summed E-state index contributed by atoms with van der Waals surface area (Å²) in [6, 6.07) is 7.39. The minimum atomic E-state index is -0.831.